The van der Waals surface area contributed by atoms with E-state index in [0.717, 1.165) is 12.0 Å². The van der Waals surface area contributed by atoms with Crippen molar-refractivity contribution in [3.05, 3.63) is 56.4 Å². The summed E-state index contributed by atoms with van der Waals surface area (Å²) in [6.45, 7) is 0. The summed E-state index contributed by atoms with van der Waals surface area (Å²) in [5, 5.41) is 4.08. The molecule has 2 rings (SSSR count). The summed E-state index contributed by atoms with van der Waals surface area (Å²) in [6, 6.07) is 6.81. The predicted octanol–water partition coefficient (Wildman–Crippen LogP) is 3.89. The quantitative estimate of drug-likeness (QED) is 0.914. The molecule has 0 aliphatic rings. The Morgan fingerprint density at radius 2 is 2.19 bits per heavy atom. The fourth-order valence-electron chi connectivity index (χ4n) is 1.58. The van der Waals surface area contributed by atoms with Crippen molar-refractivity contribution in [3.63, 3.8) is 0 Å². The number of hydrogen-bond acceptors (Lipinski definition) is 2. The van der Waals surface area contributed by atoms with Crippen LogP contribution in [0.1, 0.15) is 17.2 Å². The number of thiophene rings is 1. The fraction of sp³-hybridized carbons (Fsp3) is 0.167. The largest absolute Gasteiger partial charge is 0.324 e. The fourth-order valence-corrected chi connectivity index (χ4v) is 2.82. The molecule has 1 aromatic heterocycles. The number of benzene rings is 1. The van der Waals surface area contributed by atoms with Crippen molar-refractivity contribution in [3.8, 4) is 0 Å². The predicted molar refractivity (Wildman–Crippen MR) is 69.1 cm³/mol. The normalized spacial score (nSPS) is 12.7. The second-order valence-corrected chi connectivity index (χ2v) is 5.16. The molecule has 0 saturated carbocycles. The van der Waals surface area contributed by atoms with Gasteiger partial charge in [0.05, 0.1) is 4.47 Å². The topological polar surface area (TPSA) is 26.0 Å². The Bertz CT molecular complexity index is 470. The van der Waals surface area contributed by atoms with Gasteiger partial charge in [-0.1, -0.05) is 12.1 Å². The SMILES string of the molecule is NC(Cc1ccsc1)c1cccc(F)c1Br. The molecule has 0 fully saturated rings. The molecule has 1 nitrogen and oxygen atoms in total. The summed E-state index contributed by atoms with van der Waals surface area (Å²) in [5.74, 6) is -0.265. The van der Waals surface area contributed by atoms with E-state index in [1.54, 1.807) is 17.4 Å². The van der Waals surface area contributed by atoms with E-state index in [9.17, 15) is 4.39 Å². The van der Waals surface area contributed by atoms with E-state index in [1.807, 2.05) is 17.5 Å². The zero-order valence-corrected chi connectivity index (χ0v) is 10.9. The zero-order valence-electron chi connectivity index (χ0n) is 8.49. The molecule has 0 amide bonds. The maximum Gasteiger partial charge on any atom is 0.137 e. The van der Waals surface area contributed by atoms with Gasteiger partial charge >= 0.3 is 0 Å². The first-order valence-corrected chi connectivity index (χ1v) is 6.62. The Hall–Kier alpha value is -0.710. The molecule has 2 aromatic rings. The van der Waals surface area contributed by atoms with Crippen LogP contribution >= 0.6 is 27.3 Å². The van der Waals surface area contributed by atoms with Crippen LogP contribution in [0.4, 0.5) is 4.39 Å². The third kappa shape index (κ3) is 2.51. The number of rotatable bonds is 3. The van der Waals surface area contributed by atoms with E-state index < -0.39 is 0 Å². The first kappa shape index (κ1) is 11.8. The van der Waals surface area contributed by atoms with Crippen LogP contribution in [0.2, 0.25) is 0 Å². The van der Waals surface area contributed by atoms with Crippen LogP contribution in [-0.4, -0.2) is 0 Å². The second kappa shape index (κ2) is 5.08. The van der Waals surface area contributed by atoms with E-state index in [1.165, 1.54) is 11.6 Å². The van der Waals surface area contributed by atoms with Gasteiger partial charge in [-0.05, 0) is 56.4 Å². The highest BCUT2D eigenvalue weighted by Gasteiger charge is 2.13. The molecule has 0 aliphatic carbocycles. The van der Waals surface area contributed by atoms with Crippen molar-refractivity contribution in [2.75, 3.05) is 0 Å². The van der Waals surface area contributed by atoms with Gasteiger partial charge < -0.3 is 5.73 Å². The lowest BCUT2D eigenvalue weighted by atomic mass is 10.0. The van der Waals surface area contributed by atoms with Crippen molar-refractivity contribution >= 4 is 27.3 Å². The van der Waals surface area contributed by atoms with E-state index in [2.05, 4.69) is 21.3 Å². The zero-order chi connectivity index (χ0) is 11.5. The van der Waals surface area contributed by atoms with Gasteiger partial charge in [0, 0.05) is 6.04 Å². The number of hydrogen-bond donors (Lipinski definition) is 1. The van der Waals surface area contributed by atoms with Crippen molar-refractivity contribution < 1.29 is 4.39 Å². The third-order valence-electron chi connectivity index (χ3n) is 2.42. The van der Waals surface area contributed by atoms with E-state index in [4.69, 9.17) is 5.73 Å². The molecular formula is C12H11BrFNS. The first-order valence-electron chi connectivity index (χ1n) is 4.89. The van der Waals surface area contributed by atoms with Crippen LogP contribution in [0.3, 0.4) is 0 Å². The molecule has 1 unspecified atom stereocenters. The smallest absolute Gasteiger partial charge is 0.137 e. The van der Waals surface area contributed by atoms with Crippen LogP contribution in [-0.2, 0) is 6.42 Å². The van der Waals surface area contributed by atoms with Crippen molar-refractivity contribution in [1.29, 1.82) is 0 Å². The van der Waals surface area contributed by atoms with E-state index in [-0.39, 0.29) is 11.9 Å². The maximum absolute atomic E-state index is 13.3. The summed E-state index contributed by atoms with van der Waals surface area (Å²) >= 11 is 4.88. The lowest BCUT2D eigenvalue weighted by Gasteiger charge is -2.13. The number of halogens is 2. The lowest BCUT2D eigenvalue weighted by Crippen LogP contribution is -2.14. The second-order valence-electron chi connectivity index (χ2n) is 3.59. The highest BCUT2D eigenvalue weighted by atomic mass is 79.9. The Morgan fingerprint density at radius 1 is 1.38 bits per heavy atom. The summed E-state index contributed by atoms with van der Waals surface area (Å²) in [7, 11) is 0. The average Bonchev–Trinajstić information content (AvgIpc) is 2.74. The van der Waals surface area contributed by atoms with Crippen LogP contribution in [0, 0.1) is 5.82 Å². The highest BCUT2D eigenvalue weighted by Crippen LogP contribution is 2.27. The molecule has 0 radical (unpaired) electrons. The van der Waals surface area contributed by atoms with Crippen molar-refractivity contribution in [1.82, 2.24) is 0 Å². The molecule has 0 spiro atoms. The van der Waals surface area contributed by atoms with Crippen molar-refractivity contribution in [2.24, 2.45) is 5.73 Å². The molecule has 0 aliphatic heterocycles. The van der Waals surface area contributed by atoms with Gasteiger partial charge in [0.25, 0.3) is 0 Å². The first-order chi connectivity index (χ1) is 7.68. The van der Waals surface area contributed by atoms with Crippen LogP contribution in [0.5, 0.6) is 0 Å². The van der Waals surface area contributed by atoms with E-state index >= 15 is 0 Å². The Labute approximate surface area is 106 Å². The summed E-state index contributed by atoms with van der Waals surface area (Å²) in [5.41, 5.74) is 8.06. The number of nitrogens with two attached hydrogens (primary N) is 1. The van der Waals surface area contributed by atoms with Gasteiger partial charge in [-0.25, -0.2) is 4.39 Å². The van der Waals surface area contributed by atoms with Gasteiger partial charge in [-0.15, -0.1) is 0 Å². The molecular weight excluding hydrogens is 289 g/mol. The molecule has 1 atom stereocenters. The Morgan fingerprint density at radius 3 is 2.88 bits per heavy atom. The minimum absolute atomic E-state index is 0.181. The molecule has 16 heavy (non-hydrogen) atoms. The summed E-state index contributed by atoms with van der Waals surface area (Å²) < 4.78 is 13.8. The lowest BCUT2D eigenvalue weighted by molar-refractivity contribution is 0.610. The van der Waals surface area contributed by atoms with Crippen LogP contribution in [0.15, 0.2) is 39.5 Å². The van der Waals surface area contributed by atoms with Gasteiger partial charge in [0.1, 0.15) is 5.82 Å². The molecule has 0 saturated heterocycles. The van der Waals surface area contributed by atoms with Gasteiger partial charge in [-0.3, -0.25) is 0 Å². The maximum atomic E-state index is 13.3. The molecule has 1 aromatic carbocycles. The standard InChI is InChI=1S/C12H11BrFNS/c13-12-9(2-1-3-10(12)14)11(15)6-8-4-5-16-7-8/h1-5,7,11H,6,15H2. The minimum Gasteiger partial charge on any atom is -0.324 e. The van der Waals surface area contributed by atoms with Gasteiger partial charge in [-0.2, -0.15) is 11.3 Å². The third-order valence-corrected chi connectivity index (χ3v) is 3.99. The minimum atomic E-state index is -0.265. The monoisotopic (exact) mass is 299 g/mol. The average molecular weight is 300 g/mol. The van der Waals surface area contributed by atoms with E-state index in [0.29, 0.717) is 4.47 Å². The Balaban J connectivity index is 2.21. The van der Waals surface area contributed by atoms with Crippen LogP contribution < -0.4 is 5.73 Å². The molecule has 4 heteroatoms. The molecule has 84 valence electrons. The summed E-state index contributed by atoms with van der Waals surface area (Å²) in [4.78, 5) is 0. The van der Waals surface area contributed by atoms with Gasteiger partial charge in [0.2, 0.25) is 0 Å². The molecule has 2 N–H and O–H groups in total. The highest BCUT2D eigenvalue weighted by molar-refractivity contribution is 9.10. The van der Waals surface area contributed by atoms with Crippen molar-refractivity contribution in [2.45, 2.75) is 12.5 Å². The molecule has 0 bridgehead atoms. The summed E-state index contributed by atoms with van der Waals surface area (Å²) in [6.07, 6.45) is 0.728. The van der Waals surface area contributed by atoms with Crippen LogP contribution in [0.25, 0.3) is 0 Å². The molecule has 1 heterocycles. The van der Waals surface area contributed by atoms with Gasteiger partial charge in [0.15, 0.2) is 0 Å². The Kier molecular flexibility index (Phi) is 3.74.